The summed E-state index contributed by atoms with van der Waals surface area (Å²) in [5.41, 5.74) is 1.58. The van der Waals surface area contributed by atoms with Gasteiger partial charge in [0.05, 0.1) is 4.92 Å². The summed E-state index contributed by atoms with van der Waals surface area (Å²) in [5, 5.41) is 14.6. The van der Waals surface area contributed by atoms with Crippen LogP contribution in [0.2, 0.25) is 0 Å². The highest BCUT2D eigenvalue weighted by Crippen LogP contribution is 2.37. The van der Waals surface area contributed by atoms with Crippen LogP contribution < -0.4 is 10.2 Å². The molecule has 1 aliphatic heterocycles. The molecule has 1 atom stereocenters. The van der Waals surface area contributed by atoms with E-state index in [9.17, 15) is 10.1 Å². The minimum Gasteiger partial charge on any atom is -0.380 e. The molecule has 0 bridgehead atoms. The number of nitro benzene ring substituents is 1. The van der Waals surface area contributed by atoms with Crippen LogP contribution in [0.3, 0.4) is 0 Å². The zero-order valence-electron chi connectivity index (χ0n) is 12.3. The molecule has 1 aliphatic rings. The minimum atomic E-state index is -0.259. The molecule has 0 aromatic heterocycles. The maximum absolute atomic E-state index is 11.5. The molecule has 1 N–H and O–H groups in total. The zero-order chi connectivity index (χ0) is 14.5. The van der Waals surface area contributed by atoms with Crippen molar-refractivity contribution in [2.75, 3.05) is 23.3 Å². The number of nitro groups is 1. The summed E-state index contributed by atoms with van der Waals surface area (Å²) in [6.07, 6.45) is 4.62. The molecule has 0 radical (unpaired) electrons. The lowest BCUT2D eigenvalue weighted by atomic mass is 10.1. The van der Waals surface area contributed by atoms with E-state index in [-0.39, 0.29) is 10.6 Å². The van der Waals surface area contributed by atoms with Crippen molar-refractivity contribution in [2.24, 2.45) is 0 Å². The number of para-hydroxylation sites is 1. The number of anilines is 2. The van der Waals surface area contributed by atoms with Crippen LogP contribution in [0.25, 0.3) is 0 Å². The van der Waals surface area contributed by atoms with Gasteiger partial charge in [-0.3, -0.25) is 10.1 Å². The molecule has 20 heavy (non-hydrogen) atoms. The van der Waals surface area contributed by atoms with Crippen molar-refractivity contribution in [3.8, 4) is 0 Å². The summed E-state index contributed by atoms with van der Waals surface area (Å²) in [5.74, 6) is 0. The van der Waals surface area contributed by atoms with E-state index in [4.69, 9.17) is 0 Å². The molecular formula is C15H23N3O2. The number of benzene rings is 1. The molecule has 0 spiro atoms. The quantitative estimate of drug-likeness (QED) is 0.672. The molecular weight excluding hydrogens is 254 g/mol. The van der Waals surface area contributed by atoms with Gasteiger partial charge in [-0.2, -0.15) is 0 Å². The van der Waals surface area contributed by atoms with Crippen molar-refractivity contribution in [3.63, 3.8) is 0 Å². The van der Waals surface area contributed by atoms with Crippen molar-refractivity contribution < 1.29 is 4.92 Å². The molecule has 1 saturated heterocycles. The number of hydrogen-bond donors (Lipinski definition) is 1. The molecule has 2 rings (SSSR count). The number of nitrogens with zero attached hydrogens (tertiary/aromatic N) is 2. The van der Waals surface area contributed by atoms with Gasteiger partial charge in [-0.05, 0) is 38.8 Å². The Bertz CT molecular complexity index is 476. The van der Waals surface area contributed by atoms with Crippen molar-refractivity contribution in [1.29, 1.82) is 0 Å². The first-order valence-corrected chi connectivity index (χ1v) is 7.43. The van der Waals surface area contributed by atoms with E-state index in [0.717, 1.165) is 25.1 Å². The first-order valence-electron chi connectivity index (χ1n) is 7.43. The summed E-state index contributed by atoms with van der Waals surface area (Å²) < 4.78 is 0. The molecule has 5 heteroatoms. The predicted molar refractivity (Wildman–Crippen MR) is 82.5 cm³/mol. The van der Waals surface area contributed by atoms with E-state index in [1.807, 2.05) is 19.1 Å². The lowest BCUT2D eigenvalue weighted by molar-refractivity contribution is -0.383. The third kappa shape index (κ3) is 3.03. The Balaban J connectivity index is 2.43. The van der Waals surface area contributed by atoms with Gasteiger partial charge in [0, 0.05) is 19.1 Å². The van der Waals surface area contributed by atoms with Crippen LogP contribution in [0, 0.1) is 10.1 Å². The van der Waals surface area contributed by atoms with Crippen molar-refractivity contribution in [2.45, 2.75) is 45.6 Å². The van der Waals surface area contributed by atoms with Gasteiger partial charge in [-0.1, -0.05) is 18.9 Å². The highest BCUT2D eigenvalue weighted by molar-refractivity contribution is 5.77. The van der Waals surface area contributed by atoms with E-state index >= 15 is 0 Å². The third-order valence-corrected chi connectivity index (χ3v) is 3.93. The summed E-state index contributed by atoms with van der Waals surface area (Å²) in [6.45, 7) is 5.69. The van der Waals surface area contributed by atoms with Gasteiger partial charge < -0.3 is 10.2 Å². The third-order valence-electron chi connectivity index (χ3n) is 3.93. The Kier molecular flexibility index (Phi) is 4.82. The van der Waals surface area contributed by atoms with Gasteiger partial charge in [0.25, 0.3) is 0 Å². The van der Waals surface area contributed by atoms with E-state index in [0.29, 0.717) is 18.3 Å². The fraction of sp³-hybridized carbons (Fsp3) is 0.600. The van der Waals surface area contributed by atoms with Gasteiger partial charge in [-0.25, -0.2) is 0 Å². The van der Waals surface area contributed by atoms with Crippen LogP contribution in [-0.2, 0) is 0 Å². The maximum Gasteiger partial charge on any atom is 0.315 e. The minimum absolute atomic E-state index is 0.211. The predicted octanol–water partition coefficient (Wildman–Crippen LogP) is 3.80. The summed E-state index contributed by atoms with van der Waals surface area (Å²) in [7, 11) is 0. The second-order valence-electron chi connectivity index (χ2n) is 5.35. The number of hydrogen-bond acceptors (Lipinski definition) is 4. The molecule has 0 saturated carbocycles. The molecule has 0 amide bonds. The standard InChI is InChI=1S/C15H23N3O2/c1-3-16-13-9-7-10-14(15(13)18(19)20)17-11-6-4-5-8-12(17)2/h7,9-10,12,16H,3-6,8,11H2,1-2H3. The Hall–Kier alpha value is -1.78. The number of rotatable bonds is 4. The second-order valence-corrected chi connectivity index (χ2v) is 5.35. The van der Waals surface area contributed by atoms with Gasteiger partial charge >= 0.3 is 5.69 Å². The normalized spacial score (nSPS) is 19.5. The Labute approximate surface area is 120 Å². The summed E-state index contributed by atoms with van der Waals surface area (Å²) in [6, 6.07) is 5.92. The molecule has 1 fully saturated rings. The topological polar surface area (TPSA) is 58.4 Å². The van der Waals surface area contributed by atoms with Crippen LogP contribution in [0.15, 0.2) is 18.2 Å². The zero-order valence-corrected chi connectivity index (χ0v) is 12.3. The Morgan fingerprint density at radius 3 is 2.90 bits per heavy atom. The van der Waals surface area contributed by atoms with Gasteiger partial charge in [0.15, 0.2) is 0 Å². The smallest absolute Gasteiger partial charge is 0.315 e. The highest BCUT2D eigenvalue weighted by atomic mass is 16.6. The summed E-state index contributed by atoms with van der Waals surface area (Å²) >= 11 is 0. The fourth-order valence-corrected chi connectivity index (χ4v) is 2.92. The molecule has 1 aromatic carbocycles. The van der Waals surface area contributed by atoms with Crippen molar-refractivity contribution in [3.05, 3.63) is 28.3 Å². The molecule has 110 valence electrons. The summed E-state index contributed by atoms with van der Waals surface area (Å²) in [4.78, 5) is 13.4. The van der Waals surface area contributed by atoms with Crippen LogP contribution in [-0.4, -0.2) is 24.1 Å². The first kappa shape index (κ1) is 14.6. The van der Waals surface area contributed by atoms with Crippen LogP contribution in [0.5, 0.6) is 0 Å². The maximum atomic E-state index is 11.5. The van der Waals surface area contributed by atoms with Crippen LogP contribution >= 0.6 is 0 Å². The van der Waals surface area contributed by atoms with E-state index < -0.39 is 0 Å². The van der Waals surface area contributed by atoms with Crippen molar-refractivity contribution in [1.82, 2.24) is 0 Å². The lowest BCUT2D eigenvalue weighted by Crippen LogP contribution is -2.33. The molecule has 5 nitrogen and oxygen atoms in total. The lowest BCUT2D eigenvalue weighted by Gasteiger charge is -2.29. The van der Waals surface area contributed by atoms with Crippen molar-refractivity contribution >= 4 is 17.1 Å². The average Bonchev–Trinajstić information content (AvgIpc) is 2.63. The average molecular weight is 277 g/mol. The molecule has 1 aromatic rings. The number of nitrogens with one attached hydrogen (secondary N) is 1. The molecule has 0 aliphatic carbocycles. The van der Waals surface area contributed by atoms with Gasteiger partial charge in [-0.15, -0.1) is 0 Å². The van der Waals surface area contributed by atoms with E-state index in [1.165, 1.54) is 12.8 Å². The van der Waals surface area contributed by atoms with E-state index in [1.54, 1.807) is 6.07 Å². The van der Waals surface area contributed by atoms with Gasteiger partial charge in [0.1, 0.15) is 11.4 Å². The van der Waals surface area contributed by atoms with Gasteiger partial charge in [0.2, 0.25) is 0 Å². The van der Waals surface area contributed by atoms with Crippen LogP contribution in [0.4, 0.5) is 17.1 Å². The van der Waals surface area contributed by atoms with Crippen LogP contribution in [0.1, 0.15) is 39.5 Å². The largest absolute Gasteiger partial charge is 0.380 e. The fourth-order valence-electron chi connectivity index (χ4n) is 2.92. The molecule has 1 unspecified atom stereocenters. The molecule has 1 heterocycles. The second kappa shape index (κ2) is 6.59. The SMILES string of the molecule is CCNc1cccc(N2CCCCCC2C)c1[N+](=O)[O-]. The monoisotopic (exact) mass is 277 g/mol. The first-order chi connectivity index (χ1) is 9.65. The van der Waals surface area contributed by atoms with E-state index in [2.05, 4.69) is 17.1 Å². The highest BCUT2D eigenvalue weighted by Gasteiger charge is 2.27. The Morgan fingerprint density at radius 2 is 2.20 bits per heavy atom. The Morgan fingerprint density at radius 1 is 1.40 bits per heavy atom.